The second-order valence-electron chi connectivity index (χ2n) is 5.64. The van der Waals surface area contributed by atoms with Crippen LogP contribution in [-0.4, -0.2) is 23.8 Å². The van der Waals surface area contributed by atoms with Crippen molar-refractivity contribution in [2.75, 3.05) is 5.32 Å². The lowest BCUT2D eigenvalue weighted by Crippen LogP contribution is -2.50. The van der Waals surface area contributed by atoms with Crippen LogP contribution in [0, 0.1) is 6.92 Å². The van der Waals surface area contributed by atoms with Gasteiger partial charge >= 0.3 is 11.8 Å². The number of ether oxygens (including phenoxy) is 1. The van der Waals surface area contributed by atoms with E-state index in [1.165, 1.54) is 19.1 Å². The minimum Gasteiger partial charge on any atom is -0.479 e. The molecule has 0 aliphatic rings. The zero-order chi connectivity index (χ0) is 20.8. The van der Waals surface area contributed by atoms with E-state index in [1.807, 2.05) is 5.43 Å². The minimum atomic E-state index is -1.07. The predicted octanol–water partition coefficient (Wildman–Crippen LogP) is 3.51. The maximum absolute atomic E-state index is 12.0. The van der Waals surface area contributed by atoms with Crippen LogP contribution in [0.25, 0.3) is 0 Å². The van der Waals surface area contributed by atoms with Crippen molar-refractivity contribution < 1.29 is 19.1 Å². The molecule has 3 amide bonds. The molecule has 0 saturated carbocycles. The summed E-state index contributed by atoms with van der Waals surface area (Å²) in [6, 6.07) is 9.40. The minimum absolute atomic E-state index is 0.229. The second-order valence-corrected chi connectivity index (χ2v) is 6.90. The summed E-state index contributed by atoms with van der Waals surface area (Å²) in [5.41, 5.74) is 5.11. The van der Waals surface area contributed by atoms with Crippen LogP contribution in [-0.2, 0) is 14.4 Å². The van der Waals surface area contributed by atoms with Gasteiger partial charge in [-0.25, -0.2) is 0 Å². The highest BCUT2D eigenvalue weighted by atomic mass is 35.5. The Hall–Kier alpha value is -2.48. The fourth-order valence-corrected chi connectivity index (χ4v) is 2.64. The number of halogens is 3. The number of anilines is 1. The molecule has 0 radical (unpaired) electrons. The zero-order valence-electron chi connectivity index (χ0n) is 14.8. The van der Waals surface area contributed by atoms with E-state index in [-0.39, 0.29) is 10.8 Å². The standard InChI is InChI=1S/C18H16Cl3N3O4/c1-9-12(20)4-3-5-14(9)22-17(26)18(27)24-23-16(25)10(2)28-15-7-6-11(19)8-13(15)21/h3-8,10H,1-2H3,(H,22,26)(H,23,25)(H,24,27)/t10-/m1/s1. The Kier molecular flexibility index (Phi) is 7.51. The summed E-state index contributed by atoms with van der Waals surface area (Å²) in [7, 11) is 0. The number of rotatable bonds is 4. The van der Waals surface area contributed by atoms with Crippen LogP contribution >= 0.6 is 34.8 Å². The molecule has 0 spiro atoms. The Balaban J connectivity index is 1.87. The van der Waals surface area contributed by atoms with E-state index in [2.05, 4.69) is 10.7 Å². The third kappa shape index (κ3) is 5.76. The molecule has 3 N–H and O–H groups in total. The number of carbonyl (C=O) groups is 3. The molecule has 148 valence electrons. The van der Waals surface area contributed by atoms with E-state index < -0.39 is 23.8 Å². The SMILES string of the molecule is Cc1c(Cl)cccc1NC(=O)C(=O)NNC(=O)[C@@H](C)Oc1ccc(Cl)cc1Cl. The lowest BCUT2D eigenvalue weighted by atomic mass is 10.2. The Morgan fingerprint density at radius 2 is 1.68 bits per heavy atom. The van der Waals surface area contributed by atoms with Crippen LogP contribution in [0.3, 0.4) is 0 Å². The van der Waals surface area contributed by atoms with Gasteiger partial charge in [0.1, 0.15) is 5.75 Å². The molecule has 1 atom stereocenters. The lowest BCUT2D eigenvalue weighted by Gasteiger charge is -2.16. The highest BCUT2D eigenvalue weighted by molar-refractivity contribution is 6.40. The molecule has 10 heteroatoms. The van der Waals surface area contributed by atoms with Gasteiger partial charge in [0.15, 0.2) is 6.10 Å². The van der Waals surface area contributed by atoms with Gasteiger partial charge in [-0.05, 0) is 49.7 Å². The van der Waals surface area contributed by atoms with Crippen molar-refractivity contribution in [3.8, 4) is 5.75 Å². The molecule has 0 aromatic heterocycles. The maximum atomic E-state index is 12.0. The molecule has 0 saturated heterocycles. The molecule has 0 fully saturated rings. The van der Waals surface area contributed by atoms with Crippen LogP contribution in [0.15, 0.2) is 36.4 Å². The van der Waals surface area contributed by atoms with E-state index in [4.69, 9.17) is 39.5 Å². The Labute approximate surface area is 176 Å². The highest BCUT2D eigenvalue weighted by Crippen LogP contribution is 2.28. The summed E-state index contributed by atoms with van der Waals surface area (Å²) in [6.45, 7) is 3.14. The van der Waals surface area contributed by atoms with Gasteiger partial charge in [-0.1, -0.05) is 40.9 Å². The maximum Gasteiger partial charge on any atom is 0.328 e. The molecule has 0 aliphatic carbocycles. The third-order valence-electron chi connectivity index (χ3n) is 3.59. The van der Waals surface area contributed by atoms with Crippen molar-refractivity contribution in [2.45, 2.75) is 20.0 Å². The van der Waals surface area contributed by atoms with Crippen LogP contribution in [0.2, 0.25) is 15.1 Å². The predicted molar refractivity (Wildman–Crippen MR) is 108 cm³/mol. The molecule has 2 aromatic carbocycles. The van der Waals surface area contributed by atoms with E-state index >= 15 is 0 Å². The largest absolute Gasteiger partial charge is 0.479 e. The number of carbonyl (C=O) groups excluding carboxylic acids is 3. The normalized spacial score (nSPS) is 11.3. The van der Waals surface area contributed by atoms with E-state index in [0.29, 0.717) is 21.3 Å². The van der Waals surface area contributed by atoms with Gasteiger partial charge in [0.2, 0.25) is 0 Å². The molecule has 0 unspecified atom stereocenters. The average Bonchev–Trinajstić information content (AvgIpc) is 2.65. The van der Waals surface area contributed by atoms with Crippen molar-refractivity contribution in [2.24, 2.45) is 0 Å². The van der Waals surface area contributed by atoms with Gasteiger partial charge in [0.25, 0.3) is 5.91 Å². The van der Waals surface area contributed by atoms with Crippen molar-refractivity contribution >= 4 is 58.2 Å². The zero-order valence-corrected chi connectivity index (χ0v) is 17.1. The fraction of sp³-hybridized carbons (Fsp3) is 0.167. The average molecular weight is 445 g/mol. The van der Waals surface area contributed by atoms with E-state index in [0.717, 1.165) is 0 Å². The molecule has 0 heterocycles. The Bertz CT molecular complexity index is 921. The summed E-state index contributed by atoms with van der Waals surface area (Å²) in [5.74, 6) is -2.48. The molecular weight excluding hydrogens is 429 g/mol. The van der Waals surface area contributed by atoms with Crippen LogP contribution in [0.4, 0.5) is 5.69 Å². The molecule has 0 bridgehead atoms. The first-order valence-electron chi connectivity index (χ1n) is 7.97. The number of hydrogen-bond donors (Lipinski definition) is 3. The van der Waals surface area contributed by atoms with Crippen LogP contribution in [0.1, 0.15) is 12.5 Å². The summed E-state index contributed by atoms with van der Waals surface area (Å²) < 4.78 is 5.41. The number of benzene rings is 2. The van der Waals surface area contributed by atoms with Gasteiger partial charge in [-0.2, -0.15) is 0 Å². The van der Waals surface area contributed by atoms with Crippen molar-refractivity contribution in [3.05, 3.63) is 57.0 Å². The number of nitrogens with one attached hydrogen (secondary N) is 3. The van der Waals surface area contributed by atoms with Crippen molar-refractivity contribution in [1.29, 1.82) is 0 Å². The fourth-order valence-electron chi connectivity index (χ4n) is 2.01. The molecule has 28 heavy (non-hydrogen) atoms. The van der Waals surface area contributed by atoms with Gasteiger partial charge < -0.3 is 10.1 Å². The first-order chi connectivity index (χ1) is 13.2. The third-order valence-corrected chi connectivity index (χ3v) is 4.53. The van der Waals surface area contributed by atoms with E-state index in [1.54, 1.807) is 31.2 Å². The van der Waals surface area contributed by atoms with E-state index in [9.17, 15) is 14.4 Å². The van der Waals surface area contributed by atoms with Gasteiger partial charge in [0, 0.05) is 15.7 Å². The molecular formula is C18H16Cl3N3O4. The summed E-state index contributed by atoms with van der Waals surface area (Å²) >= 11 is 17.7. The topological polar surface area (TPSA) is 96.5 Å². The number of hydrogen-bond acceptors (Lipinski definition) is 4. The molecule has 0 aliphatic heterocycles. The Morgan fingerprint density at radius 1 is 0.964 bits per heavy atom. The smallest absolute Gasteiger partial charge is 0.328 e. The molecule has 2 aromatic rings. The van der Waals surface area contributed by atoms with Crippen LogP contribution in [0.5, 0.6) is 5.75 Å². The first kappa shape index (κ1) is 21.8. The van der Waals surface area contributed by atoms with Crippen molar-refractivity contribution in [3.63, 3.8) is 0 Å². The monoisotopic (exact) mass is 443 g/mol. The first-order valence-corrected chi connectivity index (χ1v) is 9.10. The lowest BCUT2D eigenvalue weighted by molar-refractivity contribution is -0.139. The Morgan fingerprint density at radius 3 is 2.36 bits per heavy atom. The highest BCUT2D eigenvalue weighted by Gasteiger charge is 2.20. The second kappa shape index (κ2) is 9.64. The summed E-state index contributed by atoms with van der Waals surface area (Å²) in [5, 5.41) is 3.50. The van der Waals surface area contributed by atoms with Gasteiger partial charge in [-0.3, -0.25) is 25.2 Å². The molecule has 2 rings (SSSR count). The summed E-state index contributed by atoms with van der Waals surface area (Å²) in [6.07, 6.45) is -1.00. The quantitative estimate of drug-likeness (QED) is 0.497. The van der Waals surface area contributed by atoms with Gasteiger partial charge in [-0.15, -0.1) is 0 Å². The molecule has 7 nitrogen and oxygen atoms in total. The van der Waals surface area contributed by atoms with Crippen molar-refractivity contribution in [1.82, 2.24) is 10.9 Å². The van der Waals surface area contributed by atoms with Crippen LogP contribution < -0.4 is 20.9 Å². The number of hydrazine groups is 1. The number of amides is 3. The summed E-state index contributed by atoms with van der Waals surface area (Å²) in [4.78, 5) is 35.9. The van der Waals surface area contributed by atoms with Gasteiger partial charge in [0.05, 0.1) is 5.02 Å².